The van der Waals surface area contributed by atoms with Gasteiger partial charge >= 0.3 is 0 Å². The Morgan fingerprint density at radius 2 is 1.96 bits per heavy atom. The summed E-state index contributed by atoms with van der Waals surface area (Å²) in [5, 5.41) is 2.89. The standard InChI is InChI=1S/C19H23N3O3S/c1-15-5-4-7-18(13-15)26(24,25)22-11-8-16(9-12-22)19(23)21-14-17-6-2-3-10-20-17/h2-7,10,13,16H,8-9,11-12,14H2,1H3,(H,21,23). The van der Waals surface area contributed by atoms with Gasteiger partial charge in [-0.2, -0.15) is 4.31 Å². The molecular weight excluding hydrogens is 350 g/mol. The lowest BCUT2D eigenvalue weighted by atomic mass is 9.97. The Balaban J connectivity index is 1.56. The van der Waals surface area contributed by atoms with Gasteiger partial charge in [-0.25, -0.2) is 8.42 Å². The maximum Gasteiger partial charge on any atom is 0.243 e. The molecule has 138 valence electrons. The highest BCUT2D eigenvalue weighted by Gasteiger charge is 2.32. The van der Waals surface area contributed by atoms with Gasteiger partial charge in [0.25, 0.3) is 0 Å². The van der Waals surface area contributed by atoms with Crippen molar-refractivity contribution in [3.8, 4) is 0 Å². The van der Waals surface area contributed by atoms with Gasteiger partial charge < -0.3 is 5.32 Å². The molecule has 0 saturated carbocycles. The number of carbonyl (C=O) groups excluding carboxylic acids is 1. The molecular formula is C19H23N3O3S. The van der Waals surface area contributed by atoms with E-state index in [1.165, 1.54) is 4.31 Å². The fraction of sp³-hybridized carbons (Fsp3) is 0.368. The topological polar surface area (TPSA) is 79.4 Å². The molecule has 0 bridgehead atoms. The van der Waals surface area contributed by atoms with Crippen LogP contribution in [0.25, 0.3) is 0 Å². The zero-order chi connectivity index (χ0) is 18.6. The Morgan fingerprint density at radius 1 is 1.19 bits per heavy atom. The predicted octanol–water partition coefficient (Wildman–Crippen LogP) is 2.11. The van der Waals surface area contributed by atoms with E-state index in [0.29, 0.717) is 37.4 Å². The second-order valence-electron chi connectivity index (χ2n) is 6.53. The van der Waals surface area contributed by atoms with Gasteiger partial charge in [-0.15, -0.1) is 0 Å². The maximum absolute atomic E-state index is 12.7. The molecule has 1 saturated heterocycles. The van der Waals surface area contributed by atoms with Gasteiger partial charge in [0.1, 0.15) is 0 Å². The monoisotopic (exact) mass is 373 g/mol. The Bertz CT molecular complexity index is 861. The zero-order valence-electron chi connectivity index (χ0n) is 14.8. The van der Waals surface area contributed by atoms with E-state index in [-0.39, 0.29) is 11.8 Å². The number of benzene rings is 1. The first-order valence-electron chi connectivity index (χ1n) is 8.71. The first kappa shape index (κ1) is 18.5. The van der Waals surface area contributed by atoms with Crippen LogP contribution in [0, 0.1) is 12.8 Å². The van der Waals surface area contributed by atoms with E-state index < -0.39 is 10.0 Å². The fourth-order valence-electron chi connectivity index (χ4n) is 3.11. The Hall–Kier alpha value is -2.25. The number of aromatic nitrogens is 1. The van der Waals surface area contributed by atoms with Crippen molar-refractivity contribution >= 4 is 15.9 Å². The van der Waals surface area contributed by atoms with E-state index in [1.807, 2.05) is 31.2 Å². The zero-order valence-corrected chi connectivity index (χ0v) is 15.6. The van der Waals surface area contributed by atoms with E-state index in [1.54, 1.807) is 24.4 Å². The lowest BCUT2D eigenvalue weighted by molar-refractivity contribution is -0.126. The number of aryl methyl sites for hydroxylation is 1. The van der Waals surface area contributed by atoms with Crippen LogP contribution in [0.3, 0.4) is 0 Å². The summed E-state index contributed by atoms with van der Waals surface area (Å²) >= 11 is 0. The molecule has 6 nitrogen and oxygen atoms in total. The molecule has 1 aromatic carbocycles. The number of sulfonamides is 1. The largest absolute Gasteiger partial charge is 0.350 e. The molecule has 0 spiro atoms. The SMILES string of the molecule is Cc1cccc(S(=O)(=O)N2CCC(C(=O)NCc3ccccn3)CC2)c1. The van der Waals surface area contributed by atoms with Crippen molar-refractivity contribution < 1.29 is 13.2 Å². The van der Waals surface area contributed by atoms with E-state index >= 15 is 0 Å². The van der Waals surface area contributed by atoms with Crippen molar-refractivity contribution in [1.82, 2.24) is 14.6 Å². The molecule has 0 aliphatic carbocycles. The van der Waals surface area contributed by atoms with E-state index in [2.05, 4.69) is 10.3 Å². The molecule has 7 heteroatoms. The van der Waals surface area contributed by atoms with Crippen LogP contribution in [0.1, 0.15) is 24.1 Å². The maximum atomic E-state index is 12.7. The smallest absolute Gasteiger partial charge is 0.243 e. The van der Waals surface area contributed by atoms with Gasteiger partial charge in [-0.1, -0.05) is 18.2 Å². The number of nitrogens with zero attached hydrogens (tertiary/aromatic N) is 2. The van der Waals surface area contributed by atoms with Gasteiger partial charge in [0, 0.05) is 25.2 Å². The lowest BCUT2D eigenvalue weighted by Gasteiger charge is -2.30. The van der Waals surface area contributed by atoms with Crippen molar-refractivity contribution in [2.24, 2.45) is 5.92 Å². The number of pyridine rings is 1. The molecule has 1 fully saturated rings. The molecule has 0 radical (unpaired) electrons. The van der Waals surface area contributed by atoms with E-state index in [0.717, 1.165) is 11.3 Å². The van der Waals surface area contributed by atoms with E-state index in [4.69, 9.17) is 0 Å². The normalized spacial score (nSPS) is 16.3. The second-order valence-corrected chi connectivity index (χ2v) is 8.47. The summed E-state index contributed by atoms with van der Waals surface area (Å²) < 4.78 is 27.0. The number of hydrogen-bond acceptors (Lipinski definition) is 4. The van der Waals surface area contributed by atoms with Crippen LogP contribution < -0.4 is 5.32 Å². The highest BCUT2D eigenvalue weighted by molar-refractivity contribution is 7.89. The summed E-state index contributed by atoms with van der Waals surface area (Å²) in [5.41, 5.74) is 1.72. The number of piperidine rings is 1. The Morgan fingerprint density at radius 3 is 2.62 bits per heavy atom. The van der Waals surface area contributed by atoms with Gasteiger partial charge in [-0.05, 0) is 49.6 Å². The van der Waals surface area contributed by atoms with Crippen molar-refractivity contribution in [2.75, 3.05) is 13.1 Å². The summed E-state index contributed by atoms with van der Waals surface area (Å²) in [6.07, 6.45) is 2.74. The van der Waals surface area contributed by atoms with Gasteiger partial charge in [0.2, 0.25) is 15.9 Å². The van der Waals surface area contributed by atoms with Crippen LogP contribution in [0.2, 0.25) is 0 Å². The van der Waals surface area contributed by atoms with Crippen molar-refractivity contribution in [1.29, 1.82) is 0 Å². The molecule has 1 amide bonds. The third kappa shape index (κ3) is 4.28. The van der Waals surface area contributed by atoms with Crippen LogP contribution in [0.15, 0.2) is 53.6 Å². The van der Waals surface area contributed by atoms with Crippen LogP contribution in [-0.4, -0.2) is 36.7 Å². The number of rotatable bonds is 5. The molecule has 1 aromatic heterocycles. The second kappa shape index (κ2) is 7.97. The molecule has 26 heavy (non-hydrogen) atoms. The van der Waals surface area contributed by atoms with Crippen LogP contribution in [-0.2, 0) is 21.4 Å². The first-order chi connectivity index (χ1) is 12.5. The molecule has 0 unspecified atom stereocenters. The minimum atomic E-state index is -3.50. The number of amides is 1. The Kier molecular flexibility index (Phi) is 5.68. The molecule has 1 aliphatic rings. The van der Waals surface area contributed by atoms with Crippen LogP contribution in [0.5, 0.6) is 0 Å². The Labute approximate surface area is 154 Å². The molecule has 1 N–H and O–H groups in total. The quantitative estimate of drug-likeness (QED) is 0.871. The minimum absolute atomic E-state index is 0.0387. The molecule has 0 atom stereocenters. The minimum Gasteiger partial charge on any atom is -0.350 e. The molecule has 1 aliphatic heterocycles. The van der Waals surface area contributed by atoms with Gasteiger partial charge in [0.05, 0.1) is 17.1 Å². The summed E-state index contributed by atoms with van der Waals surface area (Å²) in [5.74, 6) is -0.203. The van der Waals surface area contributed by atoms with Gasteiger partial charge in [-0.3, -0.25) is 9.78 Å². The van der Waals surface area contributed by atoms with Crippen LogP contribution >= 0.6 is 0 Å². The van der Waals surface area contributed by atoms with Gasteiger partial charge in [0.15, 0.2) is 0 Å². The summed E-state index contributed by atoms with van der Waals surface area (Å²) in [6.45, 7) is 2.98. The van der Waals surface area contributed by atoms with E-state index in [9.17, 15) is 13.2 Å². The van der Waals surface area contributed by atoms with Crippen molar-refractivity contribution in [2.45, 2.75) is 31.2 Å². The third-order valence-electron chi connectivity index (χ3n) is 4.62. The van der Waals surface area contributed by atoms with Crippen LogP contribution in [0.4, 0.5) is 0 Å². The lowest BCUT2D eigenvalue weighted by Crippen LogP contribution is -2.42. The molecule has 2 aromatic rings. The average Bonchev–Trinajstić information content (AvgIpc) is 2.67. The predicted molar refractivity (Wildman–Crippen MR) is 98.7 cm³/mol. The number of nitrogens with one attached hydrogen (secondary N) is 1. The average molecular weight is 373 g/mol. The van der Waals surface area contributed by atoms with Crippen molar-refractivity contribution in [3.63, 3.8) is 0 Å². The highest BCUT2D eigenvalue weighted by Crippen LogP contribution is 2.24. The summed E-state index contributed by atoms with van der Waals surface area (Å²) in [6, 6.07) is 12.5. The summed E-state index contributed by atoms with van der Waals surface area (Å²) in [7, 11) is -3.50. The molecule has 3 rings (SSSR count). The third-order valence-corrected chi connectivity index (χ3v) is 6.52. The first-order valence-corrected chi connectivity index (χ1v) is 10.2. The fourth-order valence-corrected chi connectivity index (χ4v) is 4.68. The van der Waals surface area contributed by atoms with Crippen molar-refractivity contribution in [3.05, 3.63) is 59.9 Å². The number of hydrogen-bond donors (Lipinski definition) is 1. The summed E-state index contributed by atoms with van der Waals surface area (Å²) in [4.78, 5) is 16.8. The molecule has 2 heterocycles. The number of carbonyl (C=O) groups is 1. The highest BCUT2D eigenvalue weighted by atomic mass is 32.2.